The third-order valence-corrected chi connectivity index (χ3v) is 7.45. The number of aryl methyl sites for hydroxylation is 2. The highest BCUT2D eigenvalue weighted by Gasteiger charge is 2.22. The van der Waals surface area contributed by atoms with Gasteiger partial charge < -0.3 is 14.6 Å². The van der Waals surface area contributed by atoms with Crippen molar-refractivity contribution in [1.82, 2.24) is 9.13 Å². The maximum absolute atomic E-state index is 13.3. The Morgan fingerprint density at radius 1 is 0.944 bits per heavy atom. The van der Waals surface area contributed by atoms with Crippen LogP contribution in [0.1, 0.15) is 29.3 Å². The molecule has 1 aromatic heterocycles. The van der Waals surface area contributed by atoms with Crippen molar-refractivity contribution in [3.63, 3.8) is 0 Å². The first-order valence-electron chi connectivity index (χ1n) is 11.3. The molecule has 4 rings (SSSR count). The molecule has 4 aromatic rings. The van der Waals surface area contributed by atoms with E-state index in [1.165, 1.54) is 33.4 Å². The summed E-state index contributed by atoms with van der Waals surface area (Å²) in [6.45, 7) is 2.55. The molecule has 10 heteroatoms. The SMILES string of the molecule is CCCOc1cccc(Oc2cc3c(cc2CS(=O)(=O)c2ccc(C(=O)O)cc2)n(C)c(=O)n3C)c1. The van der Waals surface area contributed by atoms with Gasteiger partial charge in [0.15, 0.2) is 9.84 Å². The lowest BCUT2D eigenvalue weighted by atomic mass is 10.2. The Labute approximate surface area is 208 Å². The molecule has 0 amide bonds. The molecule has 0 aliphatic carbocycles. The highest BCUT2D eigenvalue weighted by Crippen LogP contribution is 2.33. The van der Waals surface area contributed by atoms with Crippen LogP contribution in [0.15, 0.2) is 70.4 Å². The minimum atomic E-state index is -3.87. The number of nitrogens with zero attached hydrogens (tertiary/aromatic N) is 2. The first-order valence-corrected chi connectivity index (χ1v) is 12.9. The first-order chi connectivity index (χ1) is 17.1. The lowest BCUT2D eigenvalue weighted by Gasteiger charge is -2.14. The van der Waals surface area contributed by atoms with Crippen LogP contribution in [0.2, 0.25) is 0 Å². The molecular weight excluding hydrogens is 484 g/mol. The van der Waals surface area contributed by atoms with Gasteiger partial charge in [-0.05, 0) is 48.9 Å². The molecule has 0 radical (unpaired) electrons. The summed E-state index contributed by atoms with van der Waals surface area (Å²) in [5, 5.41) is 9.10. The van der Waals surface area contributed by atoms with E-state index in [-0.39, 0.29) is 21.9 Å². The normalized spacial score (nSPS) is 11.5. The third kappa shape index (κ3) is 4.99. The molecule has 0 saturated heterocycles. The van der Waals surface area contributed by atoms with Gasteiger partial charge in [0.05, 0.1) is 33.9 Å². The molecule has 1 heterocycles. The molecule has 1 N–H and O–H groups in total. The van der Waals surface area contributed by atoms with Crippen molar-refractivity contribution in [2.75, 3.05) is 6.61 Å². The van der Waals surface area contributed by atoms with Gasteiger partial charge in [-0.1, -0.05) is 13.0 Å². The fraction of sp³-hybridized carbons (Fsp3) is 0.231. The average Bonchev–Trinajstić information content (AvgIpc) is 3.06. The summed E-state index contributed by atoms with van der Waals surface area (Å²) >= 11 is 0. The number of imidazole rings is 1. The summed E-state index contributed by atoms with van der Waals surface area (Å²) in [5.41, 5.74) is 1.23. The van der Waals surface area contributed by atoms with E-state index >= 15 is 0 Å². The Morgan fingerprint density at radius 3 is 2.22 bits per heavy atom. The molecule has 36 heavy (non-hydrogen) atoms. The van der Waals surface area contributed by atoms with E-state index in [9.17, 15) is 18.0 Å². The molecule has 0 spiro atoms. The Balaban J connectivity index is 1.78. The highest BCUT2D eigenvalue weighted by atomic mass is 32.2. The minimum Gasteiger partial charge on any atom is -0.493 e. The van der Waals surface area contributed by atoms with Gasteiger partial charge in [-0.25, -0.2) is 18.0 Å². The number of benzene rings is 3. The number of hydrogen-bond donors (Lipinski definition) is 1. The predicted octanol–water partition coefficient (Wildman–Crippen LogP) is 4.13. The fourth-order valence-corrected chi connectivity index (χ4v) is 5.20. The van der Waals surface area contributed by atoms with Crippen LogP contribution >= 0.6 is 0 Å². The number of aromatic nitrogens is 2. The van der Waals surface area contributed by atoms with Crippen LogP contribution in [0.4, 0.5) is 0 Å². The van der Waals surface area contributed by atoms with E-state index in [0.717, 1.165) is 6.42 Å². The van der Waals surface area contributed by atoms with Crippen molar-refractivity contribution < 1.29 is 27.8 Å². The van der Waals surface area contributed by atoms with Crippen molar-refractivity contribution in [3.8, 4) is 17.2 Å². The Kier molecular flexibility index (Phi) is 6.89. The van der Waals surface area contributed by atoms with Crippen LogP contribution in [0.3, 0.4) is 0 Å². The second-order valence-corrected chi connectivity index (χ2v) is 10.4. The summed E-state index contributed by atoms with van der Waals surface area (Å²) in [7, 11) is -0.621. The van der Waals surface area contributed by atoms with Crippen LogP contribution in [-0.4, -0.2) is 35.2 Å². The summed E-state index contributed by atoms with van der Waals surface area (Å²) in [5.74, 6) is -0.208. The number of carboxylic acids is 1. The zero-order valence-electron chi connectivity index (χ0n) is 20.1. The standard InChI is InChI=1S/C26H26N2O7S/c1-4-12-34-19-6-5-7-20(14-19)35-24-15-23-22(27(2)26(31)28(23)3)13-18(24)16-36(32,33)21-10-8-17(9-11-21)25(29)30/h5-11,13-15H,4,12,16H2,1-3H3,(H,29,30). The zero-order valence-corrected chi connectivity index (χ0v) is 20.9. The maximum Gasteiger partial charge on any atom is 0.335 e. The lowest BCUT2D eigenvalue weighted by Crippen LogP contribution is -2.19. The number of carbonyl (C=O) groups is 1. The van der Waals surface area contributed by atoms with E-state index in [1.807, 2.05) is 6.92 Å². The van der Waals surface area contributed by atoms with Gasteiger partial charge in [-0.3, -0.25) is 9.13 Å². The van der Waals surface area contributed by atoms with Gasteiger partial charge in [0, 0.05) is 31.8 Å². The zero-order chi connectivity index (χ0) is 26.0. The maximum atomic E-state index is 13.3. The average molecular weight is 511 g/mol. The largest absolute Gasteiger partial charge is 0.493 e. The number of carboxylic acid groups (broad SMARTS) is 1. The second kappa shape index (κ2) is 9.90. The van der Waals surface area contributed by atoms with Gasteiger partial charge >= 0.3 is 11.7 Å². The molecule has 0 unspecified atom stereocenters. The van der Waals surface area contributed by atoms with Crippen molar-refractivity contribution >= 4 is 26.8 Å². The summed E-state index contributed by atoms with van der Waals surface area (Å²) < 4.78 is 41.2. The molecule has 0 aliphatic rings. The van der Waals surface area contributed by atoms with Gasteiger partial charge in [0.1, 0.15) is 17.2 Å². The molecule has 0 bridgehead atoms. The van der Waals surface area contributed by atoms with Crippen LogP contribution in [0.25, 0.3) is 11.0 Å². The molecular formula is C26H26N2O7S. The molecule has 9 nitrogen and oxygen atoms in total. The molecule has 0 saturated carbocycles. The second-order valence-electron chi connectivity index (χ2n) is 8.36. The molecule has 0 atom stereocenters. The number of fused-ring (bicyclic) bond motifs is 1. The number of aromatic carboxylic acids is 1. The third-order valence-electron chi connectivity index (χ3n) is 5.77. The van der Waals surface area contributed by atoms with Gasteiger partial charge in [0.25, 0.3) is 0 Å². The van der Waals surface area contributed by atoms with E-state index in [4.69, 9.17) is 14.6 Å². The quantitative estimate of drug-likeness (QED) is 0.360. The molecule has 0 aliphatic heterocycles. The number of hydrogen-bond acceptors (Lipinski definition) is 6. The van der Waals surface area contributed by atoms with Crippen LogP contribution < -0.4 is 15.2 Å². The van der Waals surface area contributed by atoms with Gasteiger partial charge in [-0.2, -0.15) is 0 Å². The topological polar surface area (TPSA) is 117 Å². The smallest absolute Gasteiger partial charge is 0.335 e. The predicted molar refractivity (Wildman–Crippen MR) is 135 cm³/mol. The summed E-state index contributed by atoms with van der Waals surface area (Å²) in [6, 6.07) is 15.3. The van der Waals surface area contributed by atoms with Crippen molar-refractivity contribution in [1.29, 1.82) is 0 Å². The number of sulfone groups is 1. The lowest BCUT2D eigenvalue weighted by molar-refractivity contribution is 0.0696. The Morgan fingerprint density at radius 2 is 1.58 bits per heavy atom. The molecule has 3 aromatic carbocycles. The van der Waals surface area contributed by atoms with E-state index in [0.29, 0.717) is 34.7 Å². The van der Waals surface area contributed by atoms with Crippen LogP contribution in [-0.2, 0) is 29.7 Å². The molecule has 0 fully saturated rings. The van der Waals surface area contributed by atoms with Crippen molar-refractivity contribution in [2.24, 2.45) is 14.1 Å². The number of ether oxygens (including phenoxy) is 2. The van der Waals surface area contributed by atoms with Crippen LogP contribution in [0, 0.1) is 0 Å². The first kappa shape index (κ1) is 25.1. The fourth-order valence-electron chi connectivity index (χ4n) is 3.84. The van der Waals surface area contributed by atoms with E-state index in [2.05, 4.69) is 0 Å². The Bertz CT molecular complexity index is 1600. The summed E-state index contributed by atoms with van der Waals surface area (Å²) in [6.07, 6.45) is 0.846. The van der Waals surface area contributed by atoms with Gasteiger partial charge in [-0.15, -0.1) is 0 Å². The monoisotopic (exact) mass is 510 g/mol. The van der Waals surface area contributed by atoms with Crippen molar-refractivity contribution in [3.05, 3.63) is 82.3 Å². The Hall–Kier alpha value is -4.05. The van der Waals surface area contributed by atoms with E-state index < -0.39 is 21.6 Å². The molecule has 188 valence electrons. The van der Waals surface area contributed by atoms with Gasteiger partial charge in [0.2, 0.25) is 0 Å². The van der Waals surface area contributed by atoms with E-state index in [1.54, 1.807) is 50.5 Å². The highest BCUT2D eigenvalue weighted by molar-refractivity contribution is 7.90. The number of rotatable bonds is 9. The summed E-state index contributed by atoms with van der Waals surface area (Å²) in [4.78, 5) is 23.6. The van der Waals surface area contributed by atoms with Crippen molar-refractivity contribution in [2.45, 2.75) is 24.0 Å². The minimum absolute atomic E-state index is 0.0103. The van der Waals surface area contributed by atoms with Crippen LogP contribution in [0.5, 0.6) is 17.2 Å².